The molecule has 0 aliphatic heterocycles. The van der Waals surface area contributed by atoms with Crippen LogP contribution < -0.4 is 0 Å². The summed E-state index contributed by atoms with van der Waals surface area (Å²) in [4.78, 5) is 26.0. The first-order valence-electron chi connectivity index (χ1n) is 5.18. The molecule has 1 heterocycles. The summed E-state index contributed by atoms with van der Waals surface area (Å²) in [5, 5.41) is 19.5. The van der Waals surface area contributed by atoms with Crippen LogP contribution in [0.2, 0.25) is 0 Å². The Morgan fingerprint density at radius 3 is 2.68 bits per heavy atom. The molecule has 1 aromatic heterocycles. The fraction of sp³-hybridized carbons (Fsp3) is 0. The van der Waals surface area contributed by atoms with E-state index in [4.69, 9.17) is 5.11 Å². The molecule has 7 heteroatoms. The van der Waals surface area contributed by atoms with Crippen LogP contribution in [-0.4, -0.2) is 21.0 Å². The molecule has 0 unspecified atom stereocenters. The number of carboxylic acid groups (broad SMARTS) is 1. The maximum absolute atomic E-state index is 10.8. The van der Waals surface area contributed by atoms with Crippen molar-refractivity contribution in [2.75, 3.05) is 0 Å². The van der Waals surface area contributed by atoms with Gasteiger partial charge in [-0.1, -0.05) is 17.8 Å². The van der Waals surface area contributed by atoms with Gasteiger partial charge in [0.2, 0.25) is 0 Å². The number of nitro groups is 1. The number of hydrogen-bond acceptors (Lipinski definition) is 5. The predicted molar refractivity (Wildman–Crippen MR) is 68.4 cm³/mol. The maximum Gasteiger partial charge on any atom is 0.354 e. The molecule has 0 bridgehead atoms. The van der Waals surface area contributed by atoms with Crippen LogP contribution in [0.5, 0.6) is 0 Å². The predicted octanol–water partition coefficient (Wildman–Crippen LogP) is 2.84. The molecule has 0 spiro atoms. The molecule has 0 atom stereocenters. The van der Waals surface area contributed by atoms with Gasteiger partial charge in [-0.15, -0.1) is 0 Å². The fourth-order valence-corrected chi connectivity index (χ4v) is 2.29. The highest BCUT2D eigenvalue weighted by Crippen LogP contribution is 2.29. The lowest BCUT2D eigenvalue weighted by atomic mass is 10.3. The molecule has 6 nitrogen and oxygen atoms in total. The van der Waals surface area contributed by atoms with Crippen molar-refractivity contribution in [2.45, 2.75) is 9.79 Å². The second-order valence-electron chi connectivity index (χ2n) is 3.54. The molecule has 1 N–H and O–H groups in total. The van der Waals surface area contributed by atoms with E-state index in [2.05, 4.69) is 4.98 Å². The fourth-order valence-electron chi connectivity index (χ4n) is 1.39. The molecule has 0 aliphatic carbocycles. The standard InChI is InChI=1S/C12H8N2O4S/c15-12(16)11-7-10(4-5-13-11)19-9-3-1-2-8(6-9)14(17)18/h1-7H,(H,15,16). The third-order valence-corrected chi connectivity index (χ3v) is 3.19. The van der Waals surface area contributed by atoms with E-state index >= 15 is 0 Å². The quantitative estimate of drug-likeness (QED) is 0.681. The van der Waals surface area contributed by atoms with Gasteiger partial charge in [-0.05, 0) is 18.2 Å². The van der Waals surface area contributed by atoms with Gasteiger partial charge < -0.3 is 5.11 Å². The van der Waals surface area contributed by atoms with Crippen LogP contribution >= 0.6 is 11.8 Å². The number of nitro benzene ring substituents is 1. The minimum absolute atomic E-state index is 0.00230. The minimum atomic E-state index is -1.11. The van der Waals surface area contributed by atoms with Crippen molar-refractivity contribution < 1.29 is 14.8 Å². The monoisotopic (exact) mass is 276 g/mol. The largest absolute Gasteiger partial charge is 0.477 e. The Hall–Kier alpha value is -2.41. The van der Waals surface area contributed by atoms with E-state index in [1.54, 1.807) is 18.2 Å². The summed E-state index contributed by atoms with van der Waals surface area (Å²) < 4.78 is 0. The zero-order chi connectivity index (χ0) is 13.8. The summed E-state index contributed by atoms with van der Waals surface area (Å²) in [6.07, 6.45) is 1.39. The molecule has 2 rings (SSSR count). The first-order valence-corrected chi connectivity index (χ1v) is 5.99. The van der Waals surface area contributed by atoms with E-state index in [0.717, 1.165) is 0 Å². The molecule has 0 radical (unpaired) electrons. The van der Waals surface area contributed by atoms with E-state index < -0.39 is 10.9 Å². The average molecular weight is 276 g/mol. The van der Waals surface area contributed by atoms with Crippen molar-refractivity contribution >= 4 is 23.4 Å². The number of carbonyl (C=O) groups is 1. The summed E-state index contributed by atoms with van der Waals surface area (Å²) in [5.74, 6) is -1.11. The lowest BCUT2D eigenvalue weighted by Gasteiger charge is -2.02. The number of pyridine rings is 1. The van der Waals surface area contributed by atoms with Crippen molar-refractivity contribution in [3.8, 4) is 0 Å². The molecular weight excluding hydrogens is 268 g/mol. The van der Waals surface area contributed by atoms with E-state index in [-0.39, 0.29) is 11.4 Å². The molecule has 0 amide bonds. The van der Waals surface area contributed by atoms with Crippen LogP contribution in [-0.2, 0) is 0 Å². The Bertz CT molecular complexity index is 590. The average Bonchev–Trinajstić information content (AvgIpc) is 2.39. The number of aromatic carboxylic acids is 1. The minimum Gasteiger partial charge on any atom is -0.477 e. The lowest BCUT2D eigenvalue weighted by molar-refractivity contribution is -0.385. The van der Waals surface area contributed by atoms with Gasteiger partial charge in [-0.2, -0.15) is 0 Å². The van der Waals surface area contributed by atoms with Crippen LogP contribution in [0.1, 0.15) is 10.5 Å². The summed E-state index contributed by atoms with van der Waals surface area (Å²) in [6.45, 7) is 0. The van der Waals surface area contributed by atoms with E-state index in [1.165, 1.54) is 36.2 Å². The third-order valence-electron chi connectivity index (χ3n) is 2.21. The van der Waals surface area contributed by atoms with E-state index in [9.17, 15) is 14.9 Å². The molecule has 2 aromatic rings. The van der Waals surface area contributed by atoms with Crippen LogP contribution in [0, 0.1) is 10.1 Å². The molecule has 0 fully saturated rings. The smallest absolute Gasteiger partial charge is 0.354 e. The Morgan fingerprint density at radius 2 is 2.00 bits per heavy atom. The first kappa shape index (κ1) is 13.0. The van der Waals surface area contributed by atoms with Crippen molar-refractivity contribution in [2.24, 2.45) is 0 Å². The van der Waals surface area contributed by atoms with Crippen LogP contribution in [0.15, 0.2) is 52.4 Å². The number of nitrogens with zero attached hydrogens (tertiary/aromatic N) is 2. The van der Waals surface area contributed by atoms with E-state index in [1.807, 2.05) is 0 Å². The van der Waals surface area contributed by atoms with Gasteiger partial charge in [0.05, 0.1) is 4.92 Å². The van der Waals surface area contributed by atoms with Gasteiger partial charge >= 0.3 is 5.97 Å². The Kier molecular flexibility index (Phi) is 3.76. The maximum atomic E-state index is 10.8. The van der Waals surface area contributed by atoms with Crippen molar-refractivity contribution in [3.63, 3.8) is 0 Å². The molecular formula is C12H8N2O4S. The number of non-ortho nitro benzene ring substituents is 1. The van der Waals surface area contributed by atoms with Gasteiger partial charge in [0.15, 0.2) is 0 Å². The van der Waals surface area contributed by atoms with E-state index in [0.29, 0.717) is 9.79 Å². The Labute approximate surface area is 112 Å². The van der Waals surface area contributed by atoms with Crippen LogP contribution in [0.4, 0.5) is 5.69 Å². The molecule has 0 aliphatic rings. The highest BCUT2D eigenvalue weighted by atomic mass is 32.2. The second-order valence-corrected chi connectivity index (χ2v) is 4.69. The van der Waals surface area contributed by atoms with Gasteiger partial charge in [0.1, 0.15) is 5.69 Å². The number of hydrogen-bond donors (Lipinski definition) is 1. The lowest BCUT2D eigenvalue weighted by Crippen LogP contribution is -1.99. The Morgan fingerprint density at radius 1 is 1.26 bits per heavy atom. The number of aromatic nitrogens is 1. The SMILES string of the molecule is O=C(O)c1cc(Sc2cccc([N+](=O)[O-])c2)ccn1. The van der Waals surface area contributed by atoms with Crippen LogP contribution in [0.3, 0.4) is 0 Å². The summed E-state index contributed by atoms with van der Waals surface area (Å²) >= 11 is 1.24. The highest BCUT2D eigenvalue weighted by molar-refractivity contribution is 7.99. The summed E-state index contributed by atoms with van der Waals surface area (Å²) in [5.41, 5.74) is -0.0621. The highest BCUT2D eigenvalue weighted by Gasteiger charge is 2.09. The number of rotatable bonds is 4. The van der Waals surface area contributed by atoms with Gasteiger partial charge in [0.25, 0.3) is 5.69 Å². The van der Waals surface area contributed by atoms with Crippen molar-refractivity contribution in [3.05, 3.63) is 58.4 Å². The first-order chi connectivity index (χ1) is 9.06. The van der Waals surface area contributed by atoms with Gasteiger partial charge in [0, 0.05) is 28.1 Å². The zero-order valence-electron chi connectivity index (χ0n) is 9.52. The molecule has 0 saturated carbocycles. The normalized spacial score (nSPS) is 10.1. The number of carboxylic acids is 1. The molecule has 96 valence electrons. The molecule has 19 heavy (non-hydrogen) atoms. The summed E-state index contributed by atoms with van der Waals surface area (Å²) in [7, 11) is 0. The van der Waals surface area contributed by atoms with Gasteiger partial charge in [-0.25, -0.2) is 9.78 Å². The number of benzene rings is 1. The molecule has 1 aromatic carbocycles. The second kappa shape index (κ2) is 5.49. The van der Waals surface area contributed by atoms with Crippen molar-refractivity contribution in [1.29, 1.82) is 0 Å². The molecule has 0 saturated heterocycles. The zero-order valence-corrected chi connectivity index (χ0v) is 10.3. The van der Waals surface area contributed by atoms with Gasteiger partial charge in [-0.3, -0.25) is 10.1 Å². The summed E-state index contributed by atoms with van der Waals surface area (Å²) in [6, 6.07) is 9.21. The third kappa shape index (κ3) is 3.29. The Balaban J connectivity index is 2.26. The van der Waals surface area contributed by atoms with Crippen LogP contribution in [0.25, 0.3) is 0 Å². The topological polar surface area (TPSA) is 93.3 Å². The van der Waals surface area contributed by atoms with Crippen molar-refractivity contribution in [1.82, 2.24) is 4.98 Å².